The first-order chi connectivity index (χ1) is 11.6. The lowest BCUT2D eigenvalue weighted by molar-refractivity contribution is -0.121. The second-order valence-corrected chi connectivity index (χ2v) is 8.64. The number of ether oxygens (including phenoxy) is 1. The number of aliphatic hydroxyl groups excluding tert-OH is 1. The Kier molecular flexibility index (Phi) is 4.11. The second-order valence-electron chi connectivity index (χ2n) is 8.64. The lowest BCUT2D eigenvalue weighted by Gasteiger charge is -2.51. The van der Waals surface area contributed by atoms with Crippen LogP contribution in [0.25, 0.3) is 0 Å². The normalized spacial score (nSPS) is 31.8. The molecular weight excluding hydrogens is 316 g/mol. The fourth-order valence-corrected chi connectivity index (χ4v) is 5.09. The molecule has 0 saturated heterocycles. The minimum Gasteiger partial charge on any atom is -0.492 e. The predicted octanol–water partition coefficient (Wildman–Crippen LogP) is 3.51. The Morgan fingerprint density at radius 2 is 1.80 bits per heavy atom. The van der Waals surface area contributed by atoms with Crippen LogP contribution in [0.2, 0.25) is 0 Å². The largest absolute Gasteiger partial charge is 0.492 e. The number of rotatable bonds is 2. The van der Waals surface area contributed by atoms with Crippen LogP contribution in [-0.2, 0) is 14.3 Å². The van der Waals surface area contributed by atoms with Gasteiger partial charge in [-0.1, -0.05) is 52.7 Å². The van der Waals surface area contributed by atoms with Gasteiger partial charge in [-0.3, -0.25) is 9.59 Å². The molecule has 4 heteroatoms. The van der Waals surface area contributed by atoms with E-state index in [1.807, 2.05) is 26.8 Å². The van der Waals surface area contributed by atoms with Crippen LogP contribution >= 0.6 is 0 Å². The lowest BCUT2D eigenvalue weighted by atomic mass is 9.53. The Morgan fingerprint density at radius 1 is 1.16 bits per heavy atom. The van der Waals surface area contributed by atoms with Crippen molar-refractivity contribution in [1.29, 1.82) is 0 Å². The van der Waals surface area contributed by atoms with Crippen LogP contribution in [0.1, 0.15) is 53.9 Å². The summed E-state index contributed by atoms with van der Waals surface area (Å²) in [5.74, 6) is -0.468. The van der Waals surface area contributed by atoms with Gasteiger partial charge in [-0.15, -0.1) is 0 Å². The number of carbonyl (C=O) groups excluding carboxylic acids is 2. The number of hydrogen-bond acceptors (Lipinski definition) is 4. The van der Waals surface area contributed by atoms with Crippen LogP contribution in [0.15, 0.2) is 34.1 Å². The standard InChI is InChI=1S/C21H28O4/c1-11(2)14-17(23)15-12(22)10-13-20(3,4)8-7-9-21(13,5)16(15)18(24)19(14)25-6/h10-12,22H,7-9H2,1-6H3/t12-,21+/m1/s1. The highest BCUT2D eigenvalue weighted by atomic mass is 16.5. The number of ketones is 2. The number of fused-ring (bicyclic) bond motifs is 2. The van der Waals surface area contributed by atoms with Crippen molar-refractivity contribution in [2.24, 2.45) is 16.7 Å². The summed E-state index contributed by atoms with van der Waals surface area (Å²) in [4.78, 5) is 26.5. The van der Waals surface area contributed by atoms with Gasteiger partial charge >= 0.3 is 0 Å². The van der Waals surface area contributed by atoms with Gasteiger partial charge < -0.3 is 9.84 Å². The predicted molar refractivity (Wildman–Crippen MR) is 95.7 cm³/mol. The summed E-state index contributed by atoms with van der Waals surface area (Å²) in [6, 6.07) is 0. The molecule has 0 aromatic heterocycles. The fourth-order valence-electron chi connectivity index (χ4n) is 5.09. The molecule has 3 aliphatic rings. The third-order valence-electron chi connectivity index (χ3n) is 6.19. The molecule has 0 aromatic carbocycles. The van der Waals surface area contributed by atoms with Crippen LogP contribution < -0.4 is 0 Å². The van der Waals surface area contributed by atoms with Crippen molar-refractivity contribution < 1.29 is 19.4 Å². The van der Waals surface area contributed by atoms with E-state index in [-0.39, 0.29) is 34.2 Å². The Balaban J connectivity index is 2.25. The van der Waals surface area contributed by atoms with Crippen LogP contribution in [0.5, 0.6) is 0 Å². The van der Waals surface area contributed by atoms with Gasteiger partial charge in [-0.2, -0.15) is 0 Å². The van der Waals surface area contributed by atoms with Gasteiger partial charge in [0, 0.05) is 22.1 Å². The van der Waals surface area contributed by atoms with Crippen molar-refractivity contribution in [3.05, 3.63) is 34.1 Å². The minimum atomic E-state index is -1.03. The van der Waals surface area contributed by atoms with Gasteiger partial charge in [0.1, 0.15) is 6.10 Å². The lowest BCUT2D eigenvalue weighted by Crippen LogP contribution is -2.46. The van der Waals surface area contributed by atoms with Gasteiger partial charge in [-0.25, -0.2) is 0 Å². The number of aliphatic hydroxyl groups is 1. The van der Waals surface area contributed by atoms with E-state index in [0.717, 1.165) is 24.8 Å². The summed E-state index contributed by atoms with van der Waals surface area (Å²) in [6.45, 7) is 10.1. The monoisotopic (exact) mass is 344 g/mol. The molecule has 4 nitrogen and oxygen atoms in total. The average Bonchev–Trinajstić information content (AvgIpc) is 2.50. The van der Waals surface area contributed by atoms with E-state index in [1.54, 1.807) is 0 Å². The minimum absolute atomic E-state index is 0.106. The summed E-state index contributed by atoms with van der Waals surface area (Å²) in [5.41, 5.74) is 1.54. The van der Waals surface area contributed by atoms with Crippen molar-refractivity contribution in [1.82, 2.24) is 0 Å². The molecule has 0 radical (unpaired) electrons. The average molecular weight is 344 g/mol. The highest BCUT2D eigenvalue weighted by Gasteiger charge is 2.53. The highest BCUT2D eigenvalue weighted by Crippen LogP contribution is 2.58. The molecular formula is C21H28O4. The Hall–Kier alpha value is -1.68. The van der Waals surface area contributed by atoms with E-state index in [2.05, 4.69) is 13.8 Å². The SMILES string of the molecule is COC1=C(C(C)C)C(=O)C2=C(C1=O)[C@@]1(C)CCCC(C)(C)C1=C[C@H]2O. The van der Waals surface area contributed by atoms with E-state index in [4.69, 9.17) is 4.74 Å². The number of methoxy groups -OCH3 is 1. The maximum Gasteiger partial charge on any atom is 0.225 e. The zero-order chi connectivity index (χ0) is 18.7. The van der Waals surface area contributed by atoms with E-state index in [0.29, 0.717) is 11.1 Å². The summed E-state index contributed by atoms with van der Waals surface area (Å²) in [5, 5.41) is 10.8. The molecule has 3 aliphatic carbocycles. The molecule has 0 unspecified atom stereocenters. The summed E-state index contributed by atoms with van der Waals surface area (Å²) < 4.78 is 5.38. The van der Waals surface area contributed by atoms with Gasteiger partial charge in [0.2, 0.25) is 5.78 Å². The second kappa shape index (κ2) is 5.66. The zero-order valence-electron chi connectivity index (χ0n) is 16.0. The molecule has 0 amide bonds. The van der Waals surface area contributed by atoms with Gasteiger partial charge in [-0.05, 0) is 24.2 Å². The topological polar surface area (TPSA) is 63.6 Å². The fraction of sp³-hybridized carbons (Fsp3) is 0.619. The Bertz CT molecular complexity index is 748. The quantitative estimate of drug-likeness (QED) is 0.615. The van der Waals surface area contributed by atoms with Crippen LogP contribution in [0, 0.1) is 16.7 Å². The maximum absolute atomic E-state index is 13.3. The third-order valence-corrected chi connectivity index (χ3v) is 6.19. The summed E-state index contributed by atoms with van der Waals surface area (Å²) in [7, 11) is 1.44. The van der Waals surface area contributed by atoms with Gasteiger partial charge in [0.15, 0.2) is 11.5 Å². The van der Waals surface area contributed by atoms with Gasteiger partial charge in [0.25, 0.3) is 0 Å². The van der Waals surface area contributed by atoms with E-state index in [9.17, 15) is 14.7 Å². The first-order valence-corrected chi connectivity index (χ1v) is 9.09. The molecule has 136 valence electrons. The van der Waals surface area contributed by atoms with Crippen molar-refractivity contribution in [3.63, 3.8) is 0 Å². The molecule has 1 N–H and O–H groups in total. The zero-order valence-corrected chi connectivity index (χ0v) is 16.0. The molecule has 1 saturated carbocycles. The molecule has 0 aliphatic heterocycles. The molecule has 0 aromatic rings. The summed E-state index contributed by atoms with van der Waals surface area (Å²) in [6.07, 6.45) is 3.59. The smallest absolute Gasteiger partial charge is 0.225 e. The Morgan fingerprint density at radius 3 is 2.36 bits per heavy atom. The third kappa shape index (κ3) is 2.37. The van der Waals surface area contributed by atoms with E-state index >= 15 is 0 Å². The number of carbonyl (C=O) groups is 2. The summed E-state index contributed by atoms with van der Waals surface area (Å²) >= 11 is 0. The van der Waals surface area contributed by atoms with Crippen LogP contribution in [-0.4, -0.2) is 29.9 Å². The van der Waals surface area contributed by atoms with Crippen molar-refractivity contribution >= 4 is 11.6 Å². The van der Waals surface area contributed by atoms with Crippen LogP contribution in [0.3, 0.4) is 0 Å². The molecule has 3 rings (SSSR count). The van der Waals surface area contributed by atoms with E-state index < -0.39 is 11.5 Å². The number of Topliss-reactive ketones (excluding diaryl/α,β-unsaturated/α-hetero) is 2. The van der Waals surface area contributed by atoms with E-state index in [1.165, 1.54) is 7.11 Å². The number of allylic oxidation sites excluding steroid dienone is 3. The van der Waals surface area contributed by atoms with Crippen LogP contribution in [0.4, 0.5) is 0 Å². The highest BCUT2D eigenvalue weighted by molar-refractivity contribution is 6.26. The Labute approximate surface area is 149 Å². The number of hydrogen-bond donors (Lipinski definition) is 1. The molecule has 2 atom stereocenters. The van der Waals surface area contributed by atoms with Gasteiger partial charge in [0.05, 0.1) is 7.11 Å². The maximum atomic E-state index is 13.3. The van der Waals surface area contributed by atoms with Crippen molar-refractivity contribution in [3.8, 4) is 0 Å². The first kappa shape index (κ1) is 18.1. The molecule has 0 heterocycles. The van der Waals surface area contributed by atoms with Crippen molar-refractivity contribution in [2.45, 2.75) is 60.0 Å². The molecule has 25 heavy (non-hydrogen) atoms. The first-order valence-electron chi connectivity index (χ1n) is 9.09. The molecule has 1 fully saturated rings. The molecule has 0 bridgehead atoms. The molecule has 0 spiro atoms. The van der Waals surface area contributed by atoms with Crippen molar-refractivity contribution in [2.75, 3.05) is 7.11 Å².